The van der Waals surface area contributed by atoms with Crippen molar-refractivity contribution in [2.24, 2.45) is 5.92 Å². The van der Waals surface area contributed by atoms with Crippen molar-refractivity contribution in [3.05, 3.63) is 42.0 Å². The minimum absolute atomic E-state index is 0.00491. The zero-order chi connectivity index (χ0) is 29.7. The van der Waals surface area contributed by atoms with Crippen LogP contribution in [0, 0.1) is 5.92 Å². The summed E-state index contributed by atoms with van der Waals surface area (Å²) in [6.07, 6.45) is 3.87. The average molecular weight is 574 g/mol. The van der Waals surface area contributed by atoms with E-state index in [4.69, 9.17) is 5.73 Å². The van der Waals surface area contributed by atoms with Crippen molar-refractivity contribution >= 4 is 46.1 Å². The van der Waals surface area contributed by atoms with E-state index in [2.05, 4.69) is 42.0 Å². The van der Waals surface area contributed by atoms with Gasteiger partial charge < -0.3 is 32.1 Å². The van der Waals surface area contributed by atoms with E-state index in [1.807, 2.05) is 36.0 Å². The van der Waals surface area contributed by atoms with Crippen LogP contribution >= 0.6 is 11.8 Å². The number of urea groups is 1. The van der Waals surface area contributed by atoms with Crippen molar-refractivity contribution in [2.75, 3.05) is 30.4 Å². The number of amides is 4. The first kappa shape index (κ1) is 33.2. The molecule has 40 heavy (non-hydrogen) atoms. The lowest BCUT2D eigenvalue weighted by molar-refractivity contribution is -0.121. The van der Waals surface area contributed by atoms with Gasteiger partial charge in [-0.15, -0.1) is 0 Å². The van der Waals surface area contributed by atoms with Gasteiger partial charge in [-0.3, -0.25) is 9.59 Å². The molecular formula is C30H47N5O4S. The predicted molar refractivity (Wildman–Crippen MR) is 166 cm³/mol. The van der Waals surface area contributed by atoms with Gasteiger partial charge in [-0.1, -0.05) is 51.5 Å². The van der Waals surface area contributed by atoms with Crippen molar-refractivity contribution in [1.29, 1.82) is 0 Å². The Labute approximate surface area is 242 Å². The lowest BCUT2D eigenvalue weighted by Crippen LogP contribution is -2.46. The van der Waals surface area contributed by atoms with Gasteiger partial charge >= 0.3 is 6.03 Å². The highest BCUT2D eigenvalue weighted by atomic mass is 32.2. The lowest BCUT2D eigenvalue weighted by Gasteiger charge is -2.24. The molecule has 2 aliphatic heterocycles. The van der Waals surface area contributed by atoms with E-state index < -0.39 is 5.54 Å². The highest BCUT2D eigenvalue weighted by Gasteiger charge is 2.35. The minimum atomic E-state index is -0.653. The van der Waals surface area contributed by atoms with Crippen molar-refractivity contribution < 1.29 is 19.5 Å². The average Bonchev–Trinajstić information content (AvgIpc) is 3.49. The number of aliphatic hydroxyl groups excluding tert-OH is 1. The van der Waals surface area contributed by atoms with E-state index in [-0.39, 0.29) is 24.5 Å². The Kier molecular flexibility index (Phi) is 13.6. The number of aliphatic hydroxyl groups is 1. The molecule has 2 aromatic carbocycles. The van der Waals surface area contributed by atoms with E-state index in [1.165, 1.54) is 0 Å². The summed E-state index contributed by atoms with van der Waals surface area (Å²) in [4.78, 5) is 34.0. The van der Waals surface area contributed by atoms with Crippen molar-refractivity contribution in [3.8, 4) is 0 Å². The first-order chi connectivity index (χ1) is 19.0. The summed E-state index contributed by atoms with van der Waals surface area (Å²) >= 11 is 1.89. The fourth-order valence-corrected chi connectivity index (χ4v) is 5.35. The van der Waals surface area contributed by atoms with Crippen molar-refractivity contribution in [3.63, 3.8) is 0 Å². The summed E-state index contributed by atoms with van der Waals surface area (Å²) in [5, 5.41) is 22.3. The highest BCUT2D eigenvalue weighted by Crippen LogP contribution is 2.25. The van der Waals surface area contributed by atoms with Crippen LogP contribution < -0.4 is 27.0 Å². The van der Waals surface area contributed by atoms with Crippen LogP contribution in [0.4, 0.5) is 10.5 Å². The largest absolute Gasteiger partial charge is 0.398 e. The van der Waals surface area contributed by atoms with Gasteiger partial charge in [0.15, 0.2) is 0 Å². The molecule has 4 amide bonds. The molecule has 2 heterocycles. The molecule has 0 radical (unpaired) electrons. The SMILES string of the molecule is CC(C)(CO)NC(=O)c1ccc(N)c2ccccc12.CCCCC(=O)NCCC(C)C.O=C1NC2CSC[C@H]2N1. The number of nitrogens with one attached hydrogen (secondary N) is 4. The molecule has 2 saturated heterocycles. The Hall–Kier alpha value is -2.98. The summed E-state index contributed by atoms with van der Waals surface area (Å²) < 4.78 is 0. The number of unbranched alkanes of at least 4 members (excludes halogenated alkanes) is 1. The quantitative estimate of drug-likeness (QED) is 0.197. The molecule has 0 spiro atoms. The molecule has 2 fully saturated rings. The molecule has 1 unspecified atom stereocenters. The van der Waals surface area contributed by atoms with Crippen LogP contribution in [-0.4, -0.2) is 65.2 Å². The monoisotopic (exact) mass is 573 g/mol. The van der Waals surface area contributed by atoms with E-state index >= 15 is 0 Å². The second kappa shape index (κ2) is 16.3. The molecule has 10 heteroatoms. The van der Waals surface area contributed by atoms with Crippen molar-refractivity contribution in [2.45, 2.75) is 77.9 Å². The Morgan fingerprint density at radius 3 is 2.30 bits per heavy atom. The lowest BCUT2D eigenvalue weighted by atomic mass is 10.0. The number of nitrogen functional groups attached to an aromatic ring is 1. The van der Waals surface area contributed by atoms with Crippen LogP contribution in [0.1, 0.15) is 70.7 Å². The number of rotatable bonds is 9. The fraction of sp³-hybridized carbons (Fsp3) is 0.567. The summed E-state index contributed by atoms with van der Waals surface area (Å²) in [5.74, 6) is 2.82. The summed E-state index contributed by atoms with van der Waals surface area (Å²) in [6, 6.07) is 11.8. The third kappa shape index (κ3) is 10.9. The smallest absolute Gasteiger partial charge is 0.315 e. The number of carbonyl (C=O) groups excluding carboxylic acids is 3. The maximum atomic E-state index is 12.3. The van der Waals surface area contributed by atoms with Gasteiger partial charge in [0.25, 0.3) is 5.91 Å². The second-order valence-electron chi connectivity index (χ2n) is 11.2. The zero-order valence-corrected chi connectivity index (χ0v) is 25.3. The molecule has 2 aliphatic rings. The number of thioether (sulfide) groups is 1. The first-order valence-corrected chi connectivity index (χ1v) is 15.2. The zero-order valence-electron chi connectivity index (χ0n) is 24.5. The third-order valence-electron chi connectivity index (χ3n) is 6.56. The maximum absolute atomic E-state index is 12.3. The Bertz CT molecular complexity index is 1110. The Morgan fingerprint density at radius 1 is 1.10 bits per heavy atom. The van der Waals surface area contributed by atoms with Gasteiger partial charge in [0.05, 0.1) is 24.2 Å². The molecule has 4 rings (SSSR count). The molecule has 7 N–H and O–H groups in total. The minimum Gasteiger partial charge on any atom is -0.398 e. The number of fused-ring (bicyclic) bond motifs is 2. The van der Waals surface area contributed by atoms with E-state index in [0.717, 1.165) is 48.1 Å². The van der Waals surface area contributed by atoms with Gasteiger partial charge in [-0.2, -0.15) is 11.8 Å². The number of hydrogen-bond acceptors (Lipinski definition) is 6. The molecule has 0 aliphatic carbocycles. The van der Waals surface area contributed by atoms with Gasteiger partial charge in [0, 0.05) is 41.1 Å². The number of nitrogens with two attached hydrogens (primary N) is 1. The third-order valence-corrected chi connectivity index (χ3v) is 7.75. The van der Waals surface area contributed by atoms with Gasteiger partial charge in [0.2, 0.25) is 5.91 Å². The maximum Gasteiger partial charge on any atom is 0.315 e. The topological polar surface area (TPSA) is 146 Å². The normalized spacial score (nSPS) is 17.5. The molecule has 0 saturated carbocycles. The standard InChI is InChI=1S/C15H18N2O2.C10H21NO.C5H8N2OS/c1-15(2,9-18)17-14(19)12-7-8-13(16)11-6-4-3-5-10(11)12;1-4-5-6-10(12)11-8-7-9(2)3;8-5-6-3-1-9-2-4(3)7-5/h3-8,18H,9,16H2,1-2H3,(H,17,19);9H,4-8H2,1-3H3,(H,11,12);3-4H,1-2H2,(H2,6,7,8)/t;;3-,4?/m..1/s1. The Balaban J connectivity index is 0.000000228. The first-order valence-electron chi connectivity index (χ1n) is 14.1. The molecule has 9 nitrogen and oxygen atoms in total. The second-order valence-corrected chi connectivity index (χ2v) is 12.3. The van der Waals surface area contributed by atoms with E-state index in [9.17, 15) is 19.5 Å². The molecule has 2 atom stereocenters. The van der Waals surface area contributed by atoms with E-state index in [1.54, 1.807) is 26.0 Å². The number of anilines is 1. The van der Waals surface area contributed by atoms with Crippen LogP contribution in [0.3, 0.4) is 0 Å². The number of benzene rings is 2. The van der Waals surface area contributed by atoms with Crippen LogP contribution in [0.15, 0.2) is 36.4 Å². The van der Waals surface area contributed by atoms with Gasteiger partial charge in [-0.25, -0.2) is 4.79 Å². The summed E-state index contributed by atoms with van der Waals surface area (Å²) in [6.45, 7) is 10.7. The number of carbonyl (C=O) groups is 3. The molecule has 222 valence electrons. The van der Waals surface area contributed by atoms with Gasteiger partial charge in [0.1, 0.15) is 0 Å². The van der Waals surface area contributed by atoms with Crippen LogP contribution in [-0.2, 0) is 4.79 Å². The molecule has 2 aromatic rings. The van der Waals surface area contributed by atoms with Gasteiger partial charge in [-0.05, 0) is 50.1 Å². The predicted octanol–water partition coefficient (Wildman–Crippen LogP) is 4.04. The Morgan fingerprint density at radius 2 is 1.73 bits per heavy atom. The van der Waals surface area contributed by atoms with Crippen molar-refractivity contribution in [1.82, 2.24) is 21.3 Å². The van der Waals surface area contributed by atoms with Crippen LogP contribution in [0.5, 0.6) is 0 Å². The van der Waals surface area contributed by atoms with Crippen LogP contribution in [0.2, 0.25) is 0 Å². The summed E-state index contributed by atoms with van der Waals surface area (Å²) in [7, 11) is 0. The number of hydrogen-bond donors (Lipinski definition) is 6. The molecule has 0 bridgehead atoms. The summed E-state index contributed by atoms with van der Waals surface area (Å²) in [5.41, 5.74) is 6.46. The fourth-order valence-electron chi connectivity index (χ4n) is 4.08. The molecular weight excluding hydrogens is 526 g/mol. The molecule has 0 aromatic heterocycles. The van der Waals surface area contributed by atoms with E-state index in [0.29, 0.717) is 35.7 Å². The van der Waals surface area contributed by atoms with Crippen LogP contribution in [0.25, 0.3) is 10.8 Å². The highest BCUT2D eigenvalue weighted by molar-refractivity contribution is 7.99.